The van der Waals surface area contributed by atoms with Crippen molar-refractivity contribution in [3.63, 3.8) is 0 Å². The number of hydrogen-bond acceptors (Lipinski definition) is 2. The molecule has 15 heavy (non-hydrogen) atoms. The molecule has 0 saturated carbocycles. The fourth-order valence-electron chi connectivity index (χ4n) is 1.22. The Balaban J connectivity index is 0.00000196. The van der Waals surface area contributed by atoms with Gasteiger partial charge in [-0.1, -0.05) is 26.0 Å². The van der Waals surface area contributed by atoms with Crippen molar-refractivity contribution < 1.29 is 38.3 Å². The molecule has 0 N–H and O–H groups in total. The molecular formula is C11H15NaO2S. The van der Waals surface area contributed by atoms with E-state index < -0.39 is 11.1 Å². The molecule has 1 atom stereocenters. The van der Waals surface area contributed by atoms with Crippen LogP contribution in [0.3, 0.4) is 0 Å². The zero-order chi connectivity index (χ0) is 10.6. The molecule has 4 heteroatoms. The first-order valence-electron chi connectivity index (χ1n) is 4.78. The Labute approximate surface area is 116 Å². The summed E-state index contributed by atoms with van der Waals surface area (Å²) in [5.74, 6) is 0.684. The van der Waals surface area contributed by atoms with Gasteiger partial charge in [0.1, 0.15) is 0 Å². The van der Waals surface area contributed by atoms with Crippen LogP contribution in [0.1, 0.15) is 25.8 Å². The maximum Gasteiger partial charge on any atom is 1.00 e. The number of aryl methyl sites for hydroxylation is 1. The summed E-state index contributed by atoms with van der Waals surface area (Å²) in [6.45, 7) is 4.36. The van der Waals surface area contributed by atoms with Gasteiger partial charge < -0.3 is 4.55 Å². The standard InChI is InChI=1S/C11H16O2S.Na/c1-9(2)3-4-10-5-7-11(8-6-10)14(12)13;/h5-9H,3-4H2,1-2H3,(H,12,13);/q;+1/p-1. The van der Waals surface area contributed by atoms with Gasteiger partial charge in [-0.05, 0) is 47.5 Å². The summed E-state index contributed by atoms with van der Waals surface area (Å²) in [5.41, 5.74) is 1.20. The van der Waals surface area contributed by atoms with Gasteiger partial charge >= 0.3 is 29.6 Å². The second-order valence-electron chi connectivity index (χ2n) is 3.81. The van der Waals surface area contributed by atoms with Crippen LogP contribution in [0.15, 0.2) is 29.2 Å². The summed E-state index contributed by atoms with van der Waals surface area (Å²) in [7, 11) is 0. The summed E-state index contributed by atoms with van der Waals surface area (Å²) in [5, 5.41) is 0. The van der Waals surface area contributed by atoms with Gasteiger partial charge in [-0.2, -0.15) is 0 Å². The molecule has 0 saturated heterocycles. The zero-order valence-corrected chi connectivity index (χ0v) is 12.3. The van der Waals surface area contributed by atoms with Gasteiger partial charge in [-0.15, -0.1) is 0 Å². The third-order valence-electron chi connectivity index (χ3n) is 2.13. The van der Waals surface area contributed by atoms with Crippen LogP contribution in [0.4, 0.5) is 0 Å². The maximum absolute atomic E-state index is 10.6. The van der Waals surface area contributed by atoms with Crippen molar-refractivity contribution in [3.05, 3.63) is 29.8 Å². The first kappa shape index (κ1) is 15.3. The van der Waals surface area contributed by atoms with E-state index in [1.165, 1.54) is 5.56 Å². The van der Waals surface area contributed by atoms with Gasteiger partial charge in [0.2, 0.25) is 0 Å². The van der Waals surface area contributed by atoms with Crippen molar-refractivity contribution in [1.29, 1.82) is 0 Å². The quantitative estimate of drug-likeness (QED) is 0.521. The van der Waals surface area contributed by atoms with Crippen LogP contribution in [-0.4, -0.2) is 8.76 Å². The SMILES string of the molecule is CC(C)CCc1ccc(S(=O)[O-])cc1.[Na+]. The topological polar surface area (TPSA) is 40.1 Å². The number of benzene rings is 1. The fraction of sp³-hybridized carbons (Fsp3) is 0.455. The Bertz CT molecular complexity index is 309. The van der Waals surface area contributed by atoms with Crippen LogP contribution < -0.4 is 29.6 Å². The molecule has 0 aliphatic heterocycles. The fourth-order valence-corrected chi connectivity index (χ4v) is 1.58. The third-order valence-corrected chi connectivity index (χ3v) is 2.78. The zero-order valence-electron chi connectivity index (χ0n) is 9.53. The normalized spacial score (nSPS) is 12.3. The Kier molecular flexibility index (Phi) is 7.75. The Morgan fingerprint density at radius 2 is 1.80 bits per heavy atom. The first-order valence-corrected chi connectivity index (χ1v) is 5.85. The average Bonchev–Trinajstić information content (AvgIpc) is 2.15. The van der Waals surface area contributed by atoms with Crippen LogP contribution in [0, 0.1) is 5.92 Å². The molecular weight excluding hydrogens is 219 g/mol. The molecule has 1 aromatic carbocycles. The van der Waals surface area contributed by atoms with Crippen molar-refractivity contribution in [2.45, 2.75) is 31.6 Å². The molecule has 0 spiro atoms. The third kappa shape index (κ3) is 5.83. The first-order chi connectivity index (χ1) is 6.59. The number of rotatable bonds is 4. The molecule has 78 valence electrons. The molecule has 0 fully saturated rings. The van der Waals surface area contributed by atoms with Crippen molar-refractivity contribution in [2.75, 3.05) is 0 Å². The molecule has 1 aromatic rings. The van der Waals surface area contributed by atoms with E-state index >= 15 is 0 Å². The van der Waals surface area contributed by atoms with E-state index in [1.807, 2.05) is 12.1 Å². The minimum atomic E-state index is -2.10. The van der Waals surface area contributed by atoms with E-state index in [1.54, 1.807) is 12.1 Å². The summed E-state index contributed by atoms with van der Waals surface area (Å²) < 4.78 is 21.2. The second-order valence-corrected chi connectivity index (χ2v) is 4.75. The molecule has 0 aromatic heterocycles. The van der Waals surface area contributed by atoms with E-state index in [9.17, 15) is 8.76 Å². The molecule has 1 rings (SSSR count). The summed E-state index contributed by atoms with van der Waals surface area (Å²) in [6.07, 6.45) is 2.16. The minimum Gasteiger partial charge on any atom is -0.768 e. The summed E-state index contributed by atoms with van der Waals surface area (Å²) >= 11 is -2.10. The van der Waals surface area contributed by atoms with Crippen LogP contribution in [0.5, 0.6) is 0 Å². The van der Waals surface area contributed by atoms with Gasteiger partial charge in [-0.3, -0.25) is 4.21 Å². The molecule has 0 amide bonds. The van der Waals surface area contributed by atoms with Crippen LogP contribution in [0.25, 0.3) is 0 Å². The van der Waals surface area contributed by atoms with Crippen LogP contribution in [0.2, 0.25) is 0 Å². The van der Waals surface area contributed by atoms with Gasteiger partial charge in [0.05, 0.1) is 0 Å². The Morgan fingerprint density at radius 3 is 2.20 bits per heavy atom. The van der Waals surface area contributed by atoms with E-state index in [0.717, 1.165) is 12.8 Å². The van der Waals surface area contributed by atoms with Crippen molar-refractivity contribution in [1.82, 2.24) is 0 Å². The Hall–Kier alpha value is 0.330. The van der Waals surface area contributed by atoms with Crippen LogP contribution >= 0.6 is 0 Å². The van der Waals surface area contributed by atoms with Crippen molar-refractivity contribution in [3.8, 4) is 0 Å². The average molecular weight is 234 g/mol. The molecule has 0 aliphatic rings. The monoisotopic (exact) mass is 234 g/mol. The molecule has 2 nitrogen and oxygen atoms in total. The Morgan fingerprint density at radius 1 is 1.27 bits per heavy atom. The molecule has 0 bridgehead atoms. The van der Waals surface area contributed by atoms with Gasteiger partial charge in [0, 0.05) is 4.90 Å². The number of hydrogen-bond donors (Lipinski definition) is 0. The minimum absolute atomic E-state index is 0. The molecule has 1 unspecified atom stereocenters. The second kappa shape index (κ2) is 7.58. The van der Waals surface area contributed by atoms with E-state index in [4.69, 9.17) is 0 Å². The van der Waals surface area contributed by atoms with Gasteiger partial charge in [0.25, 0.3) is 0 Å². The van der Waals surface area contributed by atoms with Gasteiger partial charge in [0.15, 0.2) is 0 Å². The predicted molar refractivity (Wildman–Crippen MR) is 56.8 cm³/mol. The molecule has 0 aliphatic carbocycles. The predicted octanol–water partition coefficient (Wildman–Crippen LogP) is -0.483. The van der Waals surface area contributed by atoms with Crippen molar-refractivity contribution in [2.24, 2.45) is 5.92 Å². The summed E-state index contributed by atoms with van der Waals surface area (Å²) in [4.78, 5) is 0.360. The smallest absolute Gasteiger partial charge is 0.768 e. The van der Waals surface area contributed by atoms with E-state index in [0.29, 0.717) is 10.8 Å². The van der Waals surface area contributed by atoms with E-state index in [-0.39, 0.29) is 29.6 Å². The molecule has 0 radical (unpaired) electrons. The van der Waals surface area contributed by atoms with Crippen LogP contribution in [-0.2, 0) is 17.5 Å². The van der Waals surface area contributed by atoms with Crippen molar-refractivity contribution >= 4 is 11.1 Å². The van der Waals surface area contributed by atoms with Gasteiger partial charge in [-0.25, -0.2) is 0 Å². The molecule has 0 heterocycles. The van der Waals surface area contributed by atoms with E-state index in [2.05, 4.69) is 13.8 Å². The maximum atomic E-state index is 10.6. The largest absolute Gasteiger partial charge is 1.00 e. The summed E-state index contributed by atoms with van der Waals surface area (Å²) in [6, 6.07) is 7.07.